The van der Waals surface area contributed by atoms with E-state index < -0.39 is 36.2 Å². The molecule has 2 heterocycles. The van der Waals surface area contributed by atoms with Crippen molar-refractivity contribution in [2.75, 3.05) is 33.4 Å². The third-order valence-electron chi connectivity index (χ3n) is 5.39. The average molecular weight is 408 g/mol. The van der Waals surface area contributed by atoms with Crippen molar-refractivity contribution in [1.29, 1.82) is 0 Å². The molecule has 160 valence electrons. The molecule has 2 fully saturated rings. The van der Waals surface area contributed by atoms with E-state index >= 15 is 0 Å². The van der Waals surface area contributed by atoms with E-state index in [9.17, 15) is 27.6 Å². The number of ketones is 1. The number of hydrogen-bond acceptors (Lipinski definition) is 6. The van der Waals surface area contributed by atoms with Crippen LogP contribution in [0.15, 0.2) is 0 Å². The molecule has 28 heavy (non-hydrogen) atoms. The summed E-state index contributed by atoms with van der Waals surface area (Å²) in [6.45, 7) is 2.31. The molecule has 0 saturated carbocycles. The van der Waals surface area contributed by atoms with Crippen LogP contribution in [0, 0.1) is 5.92 Å². The topological polar surface area (TPSA) is 76.2 Å². The Kier molecular flexibility index (Phi) is 7.68. The van der Waals surface area contributed by atoms with Crippen molar-refractivity contribution < 1.29 is 37.0 Å². The van der Waals surface area contributed by atoms with Crippen LogP contribution in [0.5, 0.6) is 0 Å². The number of rotatable bonds is 6. The number of nitrogens with zero attached hydrogens (tertiary/aromatic N) is 2. The molecule has 2 aliphatic heterocycles. The molecule has 0 spiro atoms. The fraction of sp³-hybridized carbons (Fsp3) is 0.833. The lowest BCUT2D eigenvalue weighted by molar-refractivity contribution is -0.177. The van der Waals surface area contributed by atoms with Crippen LogP contribution in [0.4, 0.5) is 18.0 Å². The Bertz CT molecular complexity index is 584. The smallest absolute Gasteiger partial charge is 0.409 e. The molecule has 10 heteroatoms. The number of alkyl halides is 3. The Hall–Kier alpha value is -1.84. The standard InChI is InChI=1S/C18H27F3N2O5/c1-3-28-16(25)10-14(24)12-6-8-23(17(26)27-2)13(9-12)11-22-7-4-5-15(22)18(19,20)21/h12-13,15H,3-11H2,1-2H3/t12-,13-,15+/m1/s1. The lowest BCUT2D eigenvalue weighted by Gasteiger charge is -2.41. The first-order chi connectivity index (χ1) is 13.2. The molecule has 2 aliphatic rings. The SMILES string of the molecule is CCOC(=O)CC(=O)[C@@H]1CCN(C(=O)OC)[C@@H](CN2CCC[C@H]2C(F)(F)F)C1. The zero-order chi connectivity index (χ0) is 20.9. The fourth-order valence-electron chi connectivity index (χ4n) is 4.06. The van der Waals surface area contributed by atoms with Crippen LogP contribution in [0.3, 0.4) is 0 Å². The number of esters is 1. The van der Waals surface area contributed by atoms with Gasteiger partial charge < -0.3 is 14.4 Å². The molecule has 0 bridgehead atoms. The molecule has 2 rings (SSSR count). The second-order valence-corrected chi connectivity index (χ2v) is 7.18. The lowest BCUT2D eigenvalue weighted by Crippen LogP contribution is -2.54. The van der Waals surface area contributed by atoms with Gasteiger partial charge in [-0.3, -0.25) is 14.5 Å². The van der Waals surface area contributed by atoms with Crippen LogP contribution in [0.2, 0.25) is 0 Å². The van der Waals surface area contributed by atoms with Gasteiger partial charge in [0.15, 0.2) is 0 Å². The maximum Gasteiger partial charge on any atom is 0.409 e. The molecular formula is C18H27F3N2O5. The number of amides is 1. The molecule has 3 atom stereocenters. The lowest BCUT2D eigenvalue weighted by atomic mass is 9.86. The van der Waals surface area contributed by atoms with Crippen molar-refractivity contribution in [3.63, 3.8) is 0 Å². The van der Waals surface area contributed by atoms with Gasteiger partial charge in [-0.2, -0.15) is 13.2 Å². The minimum Gasteiger partial charge on any atom is -0.466 e. The molecule has 0 aromatic carbocycles. The Morgan fingerprint density at radius 3 is 2.46 bits per heavy atom. The van der Waals surface area contributed by atoms with Gasteiger partial charge in [-0.1, -0.05) is 0 Å². The van der Waals surface area contributed by atoms with Crippen molar-refractivity contribution in [2.45, 2.75) is 57.3 Å². The first-order valence-electron chi connectivity index (χ1n) is 9.51. The van der Waals surface area contributed by atoms with E-state index in [2.05, 4.69) is 0 Å². The molecule has 0 radical (unpaired) electrons. The normalized spacial score (nSPS) is 26.2. The van der Waals surface area contributed by atoms with Crippen molar-refractivity contribution in [2.24, 2.45) is 5.92 Å². The monoisotopic (exact) mass is 408 g/mol. The van der Waals surface area contributed by atoms with Gasteiger partial charge in [0, 0.05) is 25.0 Å². The predicted octanol–water partition coefficient (Wildman–Crippen LogP) is 2.38. The molecule has 0 aliphatic carbocycles. The largest absolute Gasteiger partial charge is 0.466 e. The number of piperidine rings is 1. The fourth-order valence-corrected chi connectivity index (χ4v) is 4.06. The molecular weight excluding hydrogens is 381 g/mol. The molecule has 0 aromatic rings. The van der Waals surface area contributed by atoms with Crippen LogP contribution in [-0.4, -0.2) is 79.3 Å². The number of carbonyl (C=O) groups excluding carboxylic acids is 3. The van der Waals surface area contributed by atoms with Gasteiger partial charge >= 0.3 is 18.2 Å². The molecule has 2 saturated heterocycles. The van der Waals surface area contributed by atoms with E-state index in [1.807, 2.05) is 0 Å². The van der Waals surface area contributed by atoms with Crippen LogP contribution >= 0.6 is 0 Å². The highest BCUT2D eigenvalue weighted by Gasteiger charge is 2.47. The molecule has 7 nitrogen and oxygen atoms in total. The average Bonchev–Trinajstić information content (AvgIpc) is 3.09. The van der Waals surface area contributed by atoms with E-state index in [0.29, 0.717) is 12.8 Å². The van der Waals surface area contributed by atoms with Crippen molar-refractivity contribution in [3.8, 4) is 0 Å². The number of likely N-dealkylation sites (tertiary alicyclic amines) is 2. The zero-order valence-corrected chi connectivity index (χ0v) is 16.2. The maximum atomic E-state index is 13.3. The number of methoxy groups -OCH3 is 1. The van der Waals surface area contributed by atoms with Gasteiger partial charge in [-0.15, -0.1) is 0 Å². The maximum absolute atomic E-state index is 13.3. The summed E-state index contributed by atoms with van der Waals surface area (Å²) in [6, 6.07) is -2.12. The number of ether oxygens (including phenoxy) is 2. The highest BCUT2D eigenvalue weighted by atomic mass is 19.4. The summed E-state index contributed by atoms with van der Waals surface area (Å²) in [5.41, 5.74) is 0. The molecule has 0 unspecified atom stereocenters. The summed E-state index contributed by atoms with van der Waals surface area (Å²) in [5.74, 6) is -1.42. The van der Waals surface area contributed by atoms with Crippen molar-refractivity contribution in [1.82, 2.24) is 9.80 Å². The van der Waals surface area contributed by atoms with Gasteiger partial charge in [0.25, 0.3) is 0 Å². The van der Waals surface area contributed by atoms with Gasteiger partial charge in [0.1, 0.15) is 18.2 Å². The van der Waals surface area contributed by atoms with Gasteiger partial charge in [0.2, 0.25) is 0 Å². The number of halogens is 3. The highest BCUT2D eigenvalue weighted by Crippen LogP contribution is 2.34. The predicted molar refractivity (Wildman–Crippen MR) is 92.5 cm³/mol. The van der Waals surface area contributed by atoms with Gasteiger partial charge in [-0.05, 0) is 39.2 Å². The first-order valence-corrected chi connectivity index (χ1v) is 9.51. The highest BCUT2D eigenvalue weighted by molar-refractivity contribution is 5.96. The Morgan fingerprint density at radius 1 is 1.14 bits per heavy atom. The van der Waals surface area contributed by atoms with E-state index in [1.165, 1.54) is 16.9 Å². The Labute approximate surface area is 162 Å². The summed E-state index contributed by atoms with van der Waals surface area (Å²) in [5, 5.41) is 0. The minimum absolute atomic E-state index is 0.0163. The second-order valence-electron chi connectivity index (χ2n) is 7.18. The number of hydrogen-bond donors (Lipinski definition) is 0. The van der Waals surface area contributed by atoms with E-state index in [4.69, 9.17) is 9.47 Å². The summed E-state index contributed by atoms with van der Waals surface area (Å²) >= 11 is 0. The third kappa shape index (κ3) is 5.59. The van der Waals surface area contributed by atoms with Crippen molar-refractivity contribution >= 4 is 17.8 Å². The summed E-state index contributed by atoms with van der Waals surface area (Å²) in [7, 11) is 1.21. The second kappa shape index (κ2) is 9.58. The summed E-state index contributed by atoms with van der Waals surface area (Å²) in [4.78, 5) is 38.8. The van der Waals surface area contributed by atoms with Crippen LogP contribution in [-0.2, 0) is 19.1 Å². The molecule has 0 N–H and O–H groups in total. The first kappa shape index (κ1) is 22.4. The Balaban J connectivity index is 2.08. The Morgan fingerprint density at radius 2 is 1.86 bits per heavy atom. The molecule has 0 aromatic heterocycles. The van der Waals surface area contributed by atoms with Crippen molar-refractivity contribution in [3.05, 3.63) is 0 Å². The van der Waals surface area contributed by atoms with Gasteiger partial charge in [0.05, 0.1) is 13.7 Å². The molecule has 1 amide bonds. The summed E-state index contributed by atoms with van der Waals surface area (Å²) < 4.78 is 49.3. The van der Waals surface area contributed by atoms with Gasteiger partial charge in [-0.25, -0.2) is 4.79 Å². The zero-order valence-electron chi connectivity index (χ0n) is 16.2. The van der Waals surface area contributed by atoms with Crippen LogP contribution in [0.1, 0.15) is 39.0 Å². The summed E-state index contributed by atoms with van der Waals surface area (Å²) in [6.07, 6.45) is -4.32. The minimum atomic E-state index is -4.33. The third-order valence-corrected chi connectivity index (χ3v) is 5.39. The van der Waals surface area contributed by atoms with E-state index in [0.717, 1.165) is 0 Å². The van der Waals surface area contributed by atoms with E-state index in [-0.39, 0.29) is 51.3 Å². The van der Waals surface area contributed by atoms with Crippen LogP contribution < -0.4 is 0 Å². The number of Topliss-reactive ketones (excluding diaryl/α,β-unsaturated/α-hetero) is 1. The number of carbonyl (C=O) groups is 3. The van der Waals surface area contributed by atoms with E-state index in [1.54, 1.807) is 6.92 Å². The quantitative estimate of drug-likeness (QED) is 0.496. The van der Waals surface area contributed by atoms with Crippen LogP contribution in [0.25, 0.3) is 0 Å².